The maximum atomic E-state index is 13.9. The molecule has 1 saturated heterocycles. The highest BCUT2D eigenvalue weighted by molar-refractivity contribution is 7.88. The SMILES string of the molecule is C[C@H](c1ccc(F)cc1F)N1CCC[C@@H](CNS(C)(=O)=O)C1. The third kappa shape index (κ3) is 4.72. The maximum Gasteiger partial charge on any atom is 0.208 e. The lowest BCUT2D eigenvalue weighted by atomic mass is 9.95. The van der Waals surface area contributed by atoms with Crippen LogP contribution in [0.5, 0.6) is 0 Å². The predicted molar refractivity (Wildman–Crippen MR) is 81.9 cm³/mol. The van der Waals surface area contributed by atoms with Gasteiger partial charge < -0.3 is 0 Å². The first-order valence-electron chi connectivity index (χ1n) is 7.40. The smallest absolute Gasteiger partial charge is 0.208 e. The van der Waals surface area contributed by atoms with Crippen molar-refractivity contribution in [3.63, 3.8) is 0 Å². The summed E-state index contributed by atoms with van der Waals surface area (Å²) in [4.78, 5) is 2.12. The molecule has 0 aromatic heterocycles. The van der Waals surface area contributed by atoms with Gasteiger partial charge in [0.15, 0.2) is 0 Å². The first kappa shape index (κ1) is 17.3. The molecule has 2 rings (SSSR count). The van der Waals surface area contributed by atoms with E-state index in [1.165, 1.54) is 12.1 Å². The van der Waals surface area contributed by atoms with E-state index in [0.29, 0.717) is 18.7 Å². The average molecular weight is 332 g/mol. The number of hydrogen-bond acceptors (Lipinski definition) is 3. The summed E-state index contributed by atoms with van der Waals surface area (Å²) in [6.07, 6.45) is 3.02. The van der Waals surface area contributed by atoms with Gasteiger partial charge in [-0.1, -0.05) is 6.07 Å². The van der Waals surface area contributed by atoms with Gasteiger partial charge in [0.1, 0.15) is 11.6 Å². The Morgan fingerprint density at radius 3 is 2.77 bits per heavy atom. The largest absolute Gasteiger partial charge is 0.296 e. The van der Waals surface area contributed by atoms with E-state index in [4.69, 9.17) is 0 Å². The van der Waals surface area contributed by atoms with E-state index >= 15 is 0 Å². The van der Waals surface area contributed by atoms with E-state index in [1.807, 2.05) is 6.92 Å². The molecule has 0 saturated carbocycles. The molecule has 1 aromatic rings. The Hall–Kier alpha value is -1.05. The summed E-state index contributed by atoms with van der Waals surface area (Å²) in [7, 11) is -3.20. The highest BCUT2D eigenvalue weighted by atomic mass is 32.2. The molecule has 1 N–H and O–H groups in total. The van der Waals surface area contributed by atoms with Crippen molar-refractivity contribution in [3.8, 4) is 0 Å². The molecule has 1 aliphatic heterocycles. The molecule has 0 radical (unpaired) electrons. The second-order valence-corrected chi connectivity index (χ2v) is 7.80. The molecule has 1 aromatic carbocycles. The van der Waals surface area contributed by atoms with Crippen LogP contribution in [0, 0.1) is 17.6 Å². The summed E-state index contributed by atoms with van der Waals surface area (Å²) in [5, 5.41) is 0. The van der Waals surface area contributed by atoms with Gasteiger partial charge in [-0.05, 0) is 38.3 Å². The van der Waals surface area contributed by atoms with Crippen molar-refractivity contribution in [3.05, 3.63) is 35.4 Å². The fraction of sp³-hybridized carbons (Fsp3) is 0.600. The molecule has 1 fully saturated rings. The van der Waals surface area contributed by atoms with Crippen LogP contribution in [0.4, 0.5) is 8.78 Å². The van der Waals surface area contributed by atoms with Gasteiger partial charge in [-0.2, -0.15) is 0 Å². The highest BCUT2D eigenvalue weighted by Gasteiger charge is 2.26. The normalized spacial score (nSPS) is 21.7. The van der Waals surface area contributed by atoms with Crippen LogP contribution in [0.15, 0.2) is 18.2 Å². The Labute approximate surface area is 130 Å². The number of halogens is 2. The minimum Gasteiger partial charge on any atom is -0.296 e. The van der Waals surface area contributed by atoms with Crippen molar-refractivity contribution in [1.82, 2.24) is 9.62 Å². The second-order valence-electron chi connectivity index (χ2n) is 5.97. The molecule has 0 aliphatic carbocycles. The number of benzene rings is 1. The lowest BCUT2D eigenvalue weighted by molar-refractivity contribution is 0.131. The van der Waals surface area contributed by atoms with Crippen LogP contribution in [-0.2, 0) is 10.0 Å². The molecule has 2 atom stereocenters. The monoisotopic (exact) mass is 332 g/mol. The van der Waals surface area contributed by atoms with Crippen molar-refractivity contribution in [1.29, 1.82) is 0 Å². The number of piperidine rings is 1. The molecule has 4 nitrogen and oxygen atoms in total. The van der Waals surface area contributed by atoms with E-state index < -0.39 is 21.7 Å². The zero-order chi connectivity index (χ0) is 16.3. The lowest BCUT2D eigenvalue weighted by Crippen LogP contribution is -2.41. The summed E-state index contributed by atoms with van der Waals surface area (Å²) in [6, 6.07) is 3.48. The molecular weight excluding hydrogens is 310 g/mol. The molecule has 1 heterocycles. The van der Waals surface area contributed by atoms with Crippen LogP contribution in [0.3, 0.4) is 0 Å². The van der Waals surface area contributed by atoms with Gasteiger partial charge in [0.25, 0.3) is 0 Å². The van der Waals surface area contributed by atoms with Crippen LogP contribution in [0.1, 0.15) is 31.4 Å². The van der Waals surface area contributed by atoms with Crippen molar-refractivity contribution in [2.45, 2.75) is 25.8 Å². The molecule has 0 amide bonds. The van der Waals surface area contributed by atoms with Gasteiger partial charge in [-0.25, -0.2) is 21.9 Å². The molecule has 0 unspecified atom stereocenters. The topological polar surface area (TPSA) is 49.4 Å². The minimum atomic E-state index is -3.20. The van der Waals surface area contributed by atoms with Crippen molar-refractivity contribution in [2.75, 3.05) is 25.9 Å². The lowest BCUT2D eigenvalue weighted by Gasteiger charge is -2.37. The summed E-state index contributed by atoms with van der Waals surface area (Å²) in [5.74, 6) is -0.916. The van der Waals surface area contributed by atoms with E-state index in [0.717, 1.165) is 31.7 Å². The number of hydrogen-bond donors (Lipinski definition) is 1. The number of nitrogens with zero attached hydrogens (tertiary/aromatic N) is 1. The maximum absolute atomic E-state index is 13.9. The van der Waals surface area contributed by atoms with E-state index in [2.05, 4.69) is 9.62 Å². The highest BCUT2D eigenvalue weighted by Crippen LogP contribution is 2.28. The first-order valence-corrected chi connectivity index (χ1v) is 9.29. The van der Waals surface area contributed by atoms with E-state index in [9.17, 15) is 17.2 Å². The predicted octanol–water partition coefficient (Wildman–Crippen LogP) is 2.29. The molecule has 7 heteroatoms. The average Bonchev–Trinajstić information content (AvgIpc) is 2.44. The van der Waals surface area contributed by atoms with Gasteiger partial charge in [-0.15, -0.1) is 0 Å². The van der Waals surface area contributed by atoms with Crippen molar-refractivity contribution < 1.29 is 17.2 Å². The quantitative estimate of drug-likeness (QED) is 0.900. The summed E-state index contributed by atoms with van der Waals surface area (Å²) in [5.41, 5.74) is 0.470. The van der Waals surface area contributed by atoms with Crippen molar-refractivity contribution >= 4 is 10.0 Å². The number of sulfonamides is 1. The molecule has 22 heavy (non-hydrogen) atoms. The van der Waals surface area contributed by atoms with Gasteiger partial charge in [0.2, 0.25) is 10.0 Å². The number of likely N-dealkylation sites (tertiary alicyclic amines) is 1. The van der Waals surface area contributed by atoms with Gasteiger partial charge >= 0.3 is 0 Å². The third-order valence-electron chi connectivity index (χ3n) is 4.14. The van der Waals surface area contributed by atoms with Gasteiger partial charge in [-0.3, -0.25) is 4.90 Å². The molecule has 0 bridgehead atoms. The number of rotatable bonds is 5. The minimum absolute atomic E-state index is 0.165. The summed E-state index contributed by atoms with van der Waals surface area (Å²) in [6.45, 7) is 3.81. The molecule has 124 valence electrons. The summed E-state index contributed by atoms with van der Waals surface area (Å²) >= 11 is 0. The Morgan fingerprint density at radius 1 is 1.41 bits per heavy atom. The molecule has 0 spiro atoms. The number of nitrogens with one attached hydrogen (secondary N) is 1. The van der Waals surface area contributed by atoms with Crippen LogP contribution in [0.2, 0.25) is 0 Å². The first-order chi connectivity index (χ1) is 10.3. The van der Waals surface area contributed by atoms with Crippen LogP contribution in [0.25, 0.3) is 0 Å². The van der Waals surface area contributed by atoms with Crippen molar-refractivity contribution in [2.24, 2.45) is 5.92 Å². The zero-order valence-electron chi connectivity index (χ0n) is 12.9. The van der Waals surface area contributed by atoms with Gasteiger partial charge in [0, 0.05) is 30.8 Å². The molecule has 1 aliphatic rings. The fourth-order valence-corrected chi connectivity index (χ4v) is 3.46. The molecular formula is C15H22F2N2O2S. The van der Waals surface area contributed by atoms with E-state index in [1.54, 1.807) is 0 Å². The Kier molecular flexibility index (Phi) is 5.52. The van der Waals surface area contributed by atoms with Gasteiger partial charge in [0.05, 0.1) is 6.26 Å². The van der Waals surface area contributed by atoms with E-state index in [-0.39, 0.29) is 12.0 Å². The second kappa shape index (κ2) is 7.02. The Bertz CT molecular complexity index is 622. The van der Waals surface area contributed by atoms with Crippen LogP contribution < -0.4 is 4.72 Å². The zero-order valence-corrected chi connectivity index (χ0v) is 13.7. The van der Waals surface area contributed by atoms with Crippen LogP contribution in [-0.4, -0.2) is 39.2 Å². The third-order valence-corrected chi connectivity index (χ3v) is 4.84. The Balaban J connectivity index is 2.02. The standard InChI is InChI=1S/C15H22F2N2O2S/c1-11(14-6-5-13(16)8-15(14)17)19-7-3-4-12(10-19)9-18-22(2,20)21/h5-6,8,11-12,18H,3-4,7,9-10H2,1-2H3/t11-,12+/m1/s1. The van der Waals surface area contributed by atoms with Crippen LogP contribution >= 0.6 is 0 Å². The summed E-state index contributed by atoms with van der Waals surface area (Å²) < 4.78 is 51.8. The Morgan fingerprint density at radius 2 is 2.14 bits per heavy atom. The fourth-order valence-electron chi connectivity index (χ4n) is 2.92.